The highest BCUT2D eigenvalue weighted by molar-refractivity contribution is 5.95. The SMILES string of the molecule is CCOC(=O)Cc1cccc(NC(=O)C2(CN)CCOCC2)c1.Cl. The van der Waals surface area contributed by atoms with Gasteiger partial charge in [0, 0.05) is 25.4 Å². The number of amides is 1. The molecule has 0 radical (unpaired) electrons. The number of halogens is 1. The van der Waals surface area contributed by atoms with Crippen molar-refractivity contribution in [3.8, 4) is 0 Å². The number of nitrogens with one attached hydrogen (secondary N) is 1. The van der Waals surface area contributed by atoms with Crippen molar-refractivity contribution in [2.24, 2.45) is 11.1 Å². The van der Waals surface area contributed by atoms with E-state index < -0.39 is 5.41 Å². The van der Waals surface area contributed by atoms with E-state index in [9.17, 15) is 9.59 Å². The first-order chi connectivity index (χ1) is 11.1. The molecule has 24 heavy (non-hydrogen) atoms. The van der Waals surface area contributed by atoms with Gasteiger partial charge in [-0.3, -0.25) is 9.59 Å². The van der Waals surface area contributed by atoms with Gasteiger partial charge < -0.3 is 20.5 Å². The molecule has 1 heterocycles. The number of hydrogen-bond acceptors (Lipinski definition) is 5. The number of rotatable bonds is 6. The Balaban J connectivity index is 0.00000288. The van der Waals surface area contributed by atoms with E-state index in [0.29, 0.717) is 44.9 Å². The van der Waals surface area contributed by atoms with E-state index >= 15 is 0 Å². The molecule has 1 aromatic rings. The van der Waals surface area contributed by atoms with Gasteiger partial charge >= 0.3 is 5.97 Å². The molecule has 0 unspecified atom stereocenters. The average Bonchev–Trinajstić information content (AvgIpc) is 2.56. The monoisotopic (exact) mass is 356 g/mol. The number of hydrogen-bond donors (Lipinski definition) is 2. The predicted octanol–water partition coefficient (Wildman–Crippen LogP) is 1.91. The lowest BCUT2D eigenvalue weighted by Gasteiger charge is -2.34. The van der Waals surface area contributed by atoms with E-state index in [0.717, 1.165) is 5.56 Å². The molecule has 1 aliphatic rings. The first-order valence-electron chi connectivity index (χ1n) is 7.93. The summed E-state index contributed by atoms with van der Waals surface area (Å²) in [6, 6.07) is 7.23. The fraction of sp³-hybridized carbons (Fsp3) is 0.529. The van der Waals surface area contributed by atoms with Crippen LogP contribution in [0.3, 0.4) is 0 Å². The lowest BCUT2D eigenvalue weighted by Crippen LogP contribution is -2.46. The predicted molar refractivity (Wildman–Crippen MR) is 94.2 cm³/mol. The minimum Gasteiger partial charge on any atom is -0.466 e. The molecule has 2 rings (SSSR count). The molecule has 0 aromatic heterocycles. The molecule has 0 spiro atoms. The molecule has 0 saturated carbocycles. The maximum Gasteiger partial charge on any atom is 0.310 e. The summed E-state index contributed by atoms with van der Waals surface area (Å²) in [5.41, 5.74) is 6.73. The second-order valence-corrected chi connectivity index (χ2v) is 5.73. The lowest BCUT2D eigenvalue weighted by molar-refractivity contribution is -0.142. The van der Waals surface area contributed by atoms with Gasteiger partial charge in [0.25, 0.3) is 0 Å². The van der Waals surface area contributed by atoms with Crippen molar-refractivity contribution in [2.45, 2.75) is 26.2 Å². The van der Waals surface area contributed by atoms with Crippen LogP contribution in [0.2, 0.25) is 0 Å². The van der Waals surface area contributed by atoms with Crippen LogP contribution in [0, 0.1) is 5.41 Å². The number of nitrogens with two attached hydrogens (primary N) is 1. The summed E-state index contributed by atoms with van der Waals surface area (Å²) in [7, 11) is 0. The first kappa shape index (κ1) is 20.4. The minimum absolute atomic E-state index is 0. The summed E-state index contributed by atoms with van der Waals surface area (Å²) in [6.07, 6.45) is 1.43. The van der Waals surface area contributed by atoms with Gasteiger partial charge in [0.2, 0.25) is 5.91 Å². The molecule has 1 saturated heterocycles. The average molecular weight is 357 g/mol. The van der Waals surface area contributed by atoms with Gasteiger partial charge in [0.05, 0.1) is 18.4 Å². The van der Waals surface area contributed by atoms with E-state index in [2.05, 4.69) is 5.32 Å². The maximum absolute atomic E-state index is 12.6. The summed E-state index contributed by atoms with van der Waals surface area (Å²) in [4.78, 5) is 24.2. The Kier molecular flexibility index (Phi) is 8.18. The molecule has 1 aromatic carbocycles. The van der Waals surface area contributed by atoms with Crippen LogP contribution in [0.25, 0.3) is 0 Å². The quantitative estimate of drug-likeness (QED) is 0.760. The zero-order valence-corrected chi connectivity index (χ0v) is 14.7. The van der Waals surface area contributed by atoms with E-state index in [4.69, 9.17) is 15.2 Å². The standard InChI is InChI=1S/C17H24N2O4.ClH/c1-2-23-15(20)11-13-4-3-5-14(10-13)19-16(21)17(12-18)6-8-22-9-7-17;/h3-5,10H,2,6-9,11-12,18H2,1H3,(H,19,21);1H. The van der Waals surface area contributed by atoms with Crippen LogP contribution in [0.15, 0.2) is 24.3 Å². The Hall–Kier alpha value is -1.63. The summed E-state index contributed by atoms with van der Waals surface area (Å²) in [5, 5.41) is 2.92. The molecule has 1 amide bonds. The maximum atomic E-state index is 12.6. The van der Waals surface area contributed by atoms with Crippen LogP contribution < -0.4 is 11.1 Å². The topological polar surface area (TPSA) is 90.7 Å². The number of benzene rings is 1. The van der Waals surface area contributed by atoms with Crippen molar-refractivity contribution >= 4 is 30.0 Å². The van der Waals surface area contributed by atoms with Crippen LogP contribution in [0.4, 0.5) is 5.69 Å². The van der Waals surface area contributed by atoms with Crippen molar-refractivity contribution in [1.82, 2.24) is 0 Å². The summed E-state index contributed by atoms with van der Waals surface area (Å²) in [5.74, 6) is -0.365. The van der Waals surface area contributed by atoms with Gasteiger partial charge in [-0.2, -0.15) is 0 Å². The fourth-order valence-electron chi connectivity index (χ4n) is 2.69. The normalized spacial score (nSPS) is 15.9. The van der Waals surface area contributed by atoms with E-state index in [1.54, 1.807) is 19.1 Å². The van der Waals surface area contributed by atoms with E-state index in [-0.39, 0.29) is 30.7 Å². The van der Waals surface area contributed by atoms with Crippen molar-refractivity contribution in [2.75, 3.05) is 31.7 Å². The zero-order valence-electron chi connectivity index (χ0n) is 13.9. The third-order valence-corrected chi connectivity index (χ3v) is 4.16. The molecule has 3 N–H and O–H groups in total. The smallest absolute Gasteiger partial charge is 0.310 e. The fourth-order valence-corrected chi connectivity index (χ4v) is 2.69. The van der Waals surface area contributed by atoms with Gasteiger partial charge in [0.15, 0.2) is 0 Å². The number of carbonyl (C=O) groups is 2. The van der Waals surface area contributed by atoms with E-state index in [1.807, 2.05) is 12.1 Å². The first-order valence-corrected chi connectivity index (χ1v) is 7.93. The van der Waals surface area contributed by atoms with Gasteiger partial charge in [-0.1, -0.05) is 12.1 Å². The molecular weight excluding hydrogens is 332 g/mol. The second kappa shape index (κ2) is 9.61. The molecule has 0 atom stereocenters. The van der Waals surface area contributed by atoms with Crippen LogP contribution in [0.5, 0.6) is 0 Å². The molecular formula is C17H25ClN2O4. The van der Waals surface area contributed by atoms with Crippen molar-refractivity contribution < 1.29 is 19.1 Å². The van der Waals surface area contributed by atoms with Crippen LogP contribution in [-0.4, -0.2) is 38.2 Å². The summed E-state index contributed by atoms with van der Waals surface area (Å²) in [6.45, 7) is 3.52. The Morgan fingerprint density at radius 1 is 1.33 bits per heavy atom. The number of ether oxygens (including phenoxy) is 2. The molecule has 134 valence electrons. The van der Waals surface area contributed by atoms with Gasteiger partial charge in [-0.25, -0.2) is 0 Å². The summed E-state index contributed by atoms with van der Waals surface area (Å²) >= 11 is 0. The minimum atomic E-state index is -0.574. The molecule has 1 fully saturated rings. The molecule has 6 nitrogen and oxygen atoms in total. The molecule has 7 heteroatoms. The van der Waals surface area contributed by atoms with Crippen molar-refractivity contribution in [3.63, 3.8) is 0 Å². The highest BCUT2D eigenvalue weighted by atomic mass is 35.5. The van der Waals surface area contributed by atoms with Gasteiger partial charge in [-0.05, 0) is 37.5 Å². The van der Waals surface area contributed by atoms with Crippen LogP contribution in [-0.2, 0) is 25.5 Å². The highest BCUT2D eigenvalue weighted by Gasteiger charge is 2.38. The van der Waals surface area contributed by atoms with Crippen molar-refractivity contribution in [3.05, 3.63) is 29.8 Å². The Morgan fingerprint density at radius 2 is 2.04 bits per heavy atom. The number of esters is 1. The third kappa shape index (κ3) is 5.19. The molecule has 0 aliphatic carbocycles. The Labute approximate surface area is 148 Å². The van der Waals surface area contributed by atoms with E-state index in [1.165, 1.54) is 0 Å². The number of carbonyl (C=O) groups excluding carboxylic acids is 2. The van der Waals surface area contributed by atoms with Crippen LogP contribution >= 0.6 is 12.4 Å². The molecule has 1 aliphatic heterocycles. The second-order valence-electron chi connectivity index (χ2n) is 5.73. The third-order valence-electron chi connectivity index (χ3n) is 4.16. The highest BCUT2D eigenvalue weighted by Crippen LogP contribution is 2.31. The number of anilines is 1. The van der Waals surface area contributed by atoms with Crippen LogP contribution in [0.1, 0.15) is 25.3 Å². The van der Waals surface area contributed by atoms with Gasteiger partial charge in [0.1, 0.15) is 0 Å². The molecule has 0 bridgehead atoms. The largest absolute Gasteiger partial charge is 0.466 e. The zero-order chi connectivity index (χ0) is 16.7. The van der Waals surface area contributed by atoms with Gasteiger partial charge in [-0.15, -0.1) is 12.4 Å². The summed E-state index contributed by atoms with van der Waals surface area (Å²) < 4.78 is 10.3. The van der Waals surface area contributed by atoms with Crippen molar-refractivity contribution in [1.29, 1.82) is 0 Å². The Bertz CT molecular complexity index is 559. The lowest BCUT2D eigenvalue weighted by atomic mass is 9.79. The Morgan fingerprint density at radius 3 is 2.67 bits per heavy atom.